The number of furan rings is 1. The number of carbonyl (C=O) groups is 2. The minimum atomic E-state index is -3.54. The van der Waals surface area contributed by atoms with E-state index in [9.17, 15) is 22.4 Å². The molecule has 3 rings (SSSR count). The molecule has 144 valence electrons. The fourth-order valence-corrected chi connectivity index (χ4v) is 3.56. The molecule has 0 unspecified atom stereocenters. The number of benzene rings is 1. The topological polar surface area (TPSA) is 87.9 Å². The maximum atomic E-state index is 13.9. The van der Waals surface area contributed by atoms with Crippen molar-refractivity contribution in [3.8, 4) is 0 Å². The van der Waals surface area contributed by atoms with Gasteiger partial charge >= 0.3 is 0 Å². The van der Waals surface area contributed by atoms with Crippen LogP contribution in [0.2, 0.25) is 5.02 Å². The average molecular weight is 415 g/mol. The molecular weight excluding hydrogens is 399 g/mol. The van der Waals surface area contributed by atoms with E-state index in [0.717, 1.165) is 12.3 Å². The van der Waals surface area contributed by atoms with Crippen molar-refractivity contribution in [2.24, 2.45) is 0 Å². The van der Waals surface area contributed by atoms with Crippen LogP contribution in [0, 0.1) is 5.82 Å². The Morgan fingerprint density at radius 1 is 1.04 bits per heavy atom. The van der Waals surface area contributed by atoms with Crippen molar-refractivity contribution in [1.29, 1.82) is 0 Å². The van der Waals surface area contributed by atoms with Gasteiger partial charge in [0.2, 0.25) is 14.9 Å². The van der Waals surface area contributed by atoms with Gasteiger partial charge in [-0.15, -0.1) is 0 Å². The van der Waals surface area contributed by atoms with Gasteiger partial charge in [0.25, 0.3) is 11.8 Å². The Hall–Kier alpha value is -2.39. The van der Waals surface area contributed by atoms with E-state index in [2.05, 4.69) is 0 Å². The maximum absolute atomic E-state index is 13.9. The van der Waals surface area contributed by atoms with Crippen molar-refractivity contribution in [1.82, 2.24) is 9.80 Å². The number of hydrogen-bond acceptors (Lipinski definition) is 5. The predicted molar refractivity (Wildman–Crippen MR) is 95.0 cm³/mol. The number of hydrogen-bond donors (Lipinski definition) is 0. The summed E-state index contributed by atoms with van der Waals surface area (Å²) in [6.07, 6.45) is 0.984. The molecule has 0 N–H and O–H groups in total. The molecule has 7 nitrogen and oxygen atoms in total. The molecule has 0 bridgehead atoms. The molecule has 1 saturated heterocycles. The summed E-state index contributed by atoms with van der Waals surface area (Å²) in [5.74, 6) is -1.80. The van der Waals surface area contributed by atoms with Crippen LogP contribution in [-0.2, 0) is 9.84 Å². The summed E-state index contributed by atoms with van der Waals surface area (Å²) in [6, 6.07) is 6.54. The van der Waals surface area contributed by atoms with Gasteiger partial charge < -0.3 is 14.2 Å². The van der Waals surface area contributed by atoms with Crippen LogP contribution >= 0.6 is 11.6 Å². The molecule has 0 radical (unpaired) electrons. The van der Waals surface area contributed by atoms with Crippen molar-refractivity contribution < 1.29 is 26.8 Å². The molecule has 2 heterocycles. The fourth-order valence-electron chi connectivity index (χ4n) is 2.76. The monoisotopic (exact) mass is 414 g/mol. The second-order valence-electron chi connectivity index (χ2n) is 6.07. The van der Waals surface area contributed by atoms with E-state index in [0.29, 0.717) is 0 Å². The van der Waals surface area contributed by atoms with Crippen molar-refractivity contribution >= 4 is 33.3 Å². The summed E-state index contributed by atoms with van der Waals surface area (Å²) in [7, 11) is -3.54. The molecule has 1 aliphatic heterocycles. The van der Waals surface area contributed by atoms with Crippen LogP contribution < -0.4 is 0 Å². The molecule has 2 aromatic rings. The van der Waals surface area contributed by atoms with Gasteiger partial charge in [-0.05, 0) is 24.3 Å². The van der Waals surface area contributed by atoms with Crippen molar-refractivity contribution in [3.63, 3.8) is 0 Å². The third kappa shape index (κ3) is 3.98. The van der Waals surface area contributed by atoms with Crippen LogP contribution in [-0.4, -0.2) is 62.5 Å². The van der Waals surface area contributed by atoms with Crippen molar-refractivity contribution in [3.05, 3.63) is 52.5 Å². The first-order valence-corrected chi connectivity index (χ1v) is 10.3. The van der Waals surface area contributed by atoms with E-state index in [1.807, 2.05) is 0 Å². The molecule has 0 atom stereocenters. The quantitative estimate of drug-likeness (QED) is 0.767. The molecule has 0 aliphatic carbocycles. The van der Waals surface area contributed by atoms with Gasteiger partial charge in [-0.1, -0.05) is 17.7 Å². The molecular formula is C17H16ClFN2O5S. The van der Waals surface area contributed by atoms with E-state index < -0.39 is 27.5 Å². The fraction of sp³-hybridized carbons (Fsp3) is 0.294. The van der Waals surface area contributed by atoms with Gasteiger partial charge in [-0.25, -0.2) is 12.8 Å². The summed E-state index contributed by atoms with van der Waals surface area (Å²) in [5, 5.41) is -0.253. The normalized spacial score (nSPS) is 15.1. The Balaban J connectivity index is 1.67. The second-order valence-corrected chi connectivity index (χ2v) is 8.43. The highest BCUT2D eigenvalue weighted by molar-refractivity contribution is 7.90. The Morgan fingerprint density at radius 2 is 1.63 bits per heavy atom. The lowest BCUT2D eigenvalue weighted by atomic mass is 10.1. The van der Waals surface area contributed by atoms with Crippen LogP contribution in [0.5, 0.6) is 0 Å². The summed E-state index contributed by atoms with van der Waals surface area (Å²) >= 11 is 5.93. The van der Waals surface area contributed by atoms with Crippen LogP contribution in [0.25, 0.3) is 0 Å². The molecule has 0 saturated carbocycles. The molecule has 27 heavy (non-hydrogen) atoms. The SMILES string of the molecule is CS(=O)(=O)c1ccc(C(=O)N2CCN(C(=O)c3c(F)cccc3Cl)CC2)o1. The number of piperazine rings is 1. The minimum Gasteiger partial charge on any atom is -0.440 e. The highest BCUT2D eigenvalue weighted by atomic mass is 35.5. The van der Waals surface area contributed by atoms with E-state index in [1.165, 1.54) is 34.1 Å². The van der Waals surface area contributed by atoms with E-state index in [-0.39, 0.29) is 47.6 Å². The Morgan fingerprint density at radius 3 is 2.15 bits per heavy atom. The Bertz CT molecular complexity index is 976. The molecule has 1 fully saturated rings. The third-order valence-electron chi connectivity index (χ3n) is 4.19. The zero-order valence-corrected chi connectivity index (χ0v) is 15.9. The van der Waals surface area contributed by atoms with Crippen LogP contribution in [0.4, 0.5) is 4.39 Å². The maximum Gasteiger partial charge on any atom is 0.289 e. The van der Waals surface area contributed by atoms with Crippen LogP contribution in [0.3, 0.4) is 0 Å². The Labute approximate surface area is 160 Å². The molecule has 1 aliphatic rings. The molecule has 0 spiro atoms. The first kappa shape index (κ1) is 19.4. The number of amides is 2. The van der Waals surface area contributed by atoms with E-state index in [1.54, 1.807) is 0 Å². The standard InChI is InChI=1S/C17H16ClFN2O5S/c1-27(24,25)14-6-5-13(26-14)16(22)20-7-9-21(10-8-20)17(23)15-11(18)3-2-4-12(15)19/h2-6H,7-10H2,1H3. The number of carbonyl (C=O) groups excluding carboxylic acids is 2. The van der Waals surface area contributed by atoms with Gasteiger partial charge in [0.05, 0.1) is 10.6 Å². The van der Waals surface area contributed by atoms with Crippen LogP contribution in [0.1, 0.15) is 20.9 Å². The molecule has 10 heteroatoms. The first-order chi connectivity index (χ1) is 12.7. The smallest absolute Gasteiger partial charge is 0.289 e. The van der Waals surface area contributed by atoms with Gasteiger partial charge in [0.1, 0.15) is 5.82 Å². The lowest BCUT2D eigenvalue weighted by molar-refractivity contribution is 0.0512. The van der Waals surface area contributed by atoms with Gasteiger partial charge in [-0.3, -0.25) is 9.59 Å². The summed E-state index contributed by atoms with van der Waals surface area (Å²) in [6.45, 7) is 0.779. The zero-order chi connectivity index (χ0) is 19.8. The molecule has 1 aromatic carbocycles. The number of sulfone groups is 1. The number of nitrogens with zero attached hydrogens (tertiary/aromatic N) is 2. The van der Waals surface area contributed by atoms with Crippen molar-refractivity contribution in [2.75, 3.05) is 32.4 Å². The minimum absolute atomic E-state index is 0.0300. The third-order valence-corrected chi connectivity index (χ3v) is 5.45. The van der Waals surface area contributed by atoms with E-state index >= 15 is 0 Å². The van der Waals surface area contributed by atoms with Gasteiger partial charge in [0, 0.05) is 32.4 Å². The second kappa shape index (κ2) is 7.32. The average Bonchev–Trinajstić information content (AvgIpc) is 3.11. The summed E-state index contributed by atoms with van der Waals surface area (Å²) in [4.78, 5) is 27.8. The Kier molecular flexibility index (Phi) is 5.25. The van der Waals surface area contributed by atoms with Crippen LogP contribution in [0.15, 0.2) is 39.8 Å². The summed E-state index contributed by atoms with van der Waals surface area (Å²) < 4.78 is 41.9. The number of halogens is 2. The lowest BCUT2D eigenvalue weighted by Crippen LogP contribution is -2.50. The molecule has 1 aromatic heterocycles. The first-order valence-electron chi connectivity index (χ1n) is 8.01. The van der Waals surface area contributed by atoms with Gasteiger partial charge in [0.15, 0.2) is 5.76 Å². The van der Waals surface area contributed by atoms with Crippen molar-refractivity contribution in [2.45, 2.75) is 5.09 Å². The highest BCUT2D eigenvalue weighted by Gasteiger charge is 2.29. The largest absolute Gasteiger partial charge is 0.440 e. The predicted octanol–water partition coefficient (Wildman–Crippen LogP) is 2.07. The number of rotatable bonds is 3. The lowest BCUT2D eigenvalue weighted by Gasteiger charge is -2.34. The summed E-state index contributed by atoms with van der Waals surface area (Å²) in [5.41, 5.74) is -0.192. The molecule has 2 amide bonds. The van der Waals surface area contributed by atoms with E-state index in [4.69, 9.17) is 16.0 Å². The highest BCUT2D eigenvalue weighted by Crippen LogP contribution is 2.22. The van der Waals surface area contributed by atoms with Gasteiger partial charge in [-0.2, -0.15) is 0 Å². The zero-order valence-electron chi connectivity index (χ0n) is 14.3.